The molecule has 1 aliphatic heterocycles. The Hall–Kier alpha value is -1.22. The SMILES string of the molecule is CN1CC[C@]2(c3ccc(OCC4CC4)c(O)c3)CCCCC12. The van der Waals surface area contributed by atoms with Gasteiger partial charge in [0.15, 0.2) is 11.5 Å². The first-order valence-corrected chi connectivity index (χ1v) is 8.85. The smallest absolute Gasteiger partial charge is 0.160 e. The Morgan fingerprint density at radius 2 is 2.09 bits per heavy atom. The van der Waals surface area contributed by atoms with Crippen molar-refractivity contribution in [2.75, 3.05) is 20.2 Å². The number of aromatic hydroxyl groups is 1. The highest BCUT2D eigenvalue weighted by atomic mass is 16.5. The van der Waals surface area contributed by atoms with Gasteiger partial charge in [-0.25, -0.2) is 0 Å². The molecule has 3 aliphatic rings. The summed E-state index contributed by atoms with van der Waals surface area (Å²) in [6.07, 6.45) is 8.96. The van der Waals surface area contributed by atoms with E-state index in [0.717, 1.165) is 6.61 Å². The Morgan fingerprint density at radius 1 is 1.23 bits per heavy atom. The molecular formula is C19H27NO2. The van der Waals surface area contributed by atoms with Crippen molar-refractivity contribution in [1.82, 2.24) is 4.90 Å². The van der Waals surface area contributed by atoms with Crippen molar-refractivity contribution >= 4 is 0 Å². The standard InChI is InChI=1S/C19H27NO2/c1-20-11-10-19(9-3-2-4-18(19)20)15-7-8-17(16(21)12-15)22-13-14-5-6-14/h7-8,12,14,18,21H,2-6,9-11,13H2,1H3/t18?,19-/m0/s1. The van der Waals surface area contributed by atoms with E-state index < -0.39 is 0 Å². The van der Waals surface area contributed by atoms with Crippen LogP contribution in [0.15, 0.2) is 18.2 Å². The summed E-state index contributed by atoms with van der Waals surface area (Å²) in [5.74, 6) is 1.70. The average molecular weight is 301 g/mol. The van der Waals surface area contributed by atoms with Crippen LogP contribution in [0, 0.1) is 5.92 Å². The van der Waals surface area contributed by atoms with E-state index >= 15 is 0 Å². The third-order valence-corrected chi connectivity index (χ3v) is 6.14. The molecule has 1 saturated heterocycles. The zero-order valence-electron chi connectivity index (χ0n) is 13.6. The highest BCUT2D eigenvalue weighted by Gasteiger charge is 2.48. The van der Waals surface area contributed by atoms with Crippen molar-refractivity contribution in [3.8, 4) is 11.5 Å². The molecule has 1 unspecified atom stereocenters. The molecule has 0 radical (unpaired) electrons. The van der Waals surface area contributed by atoms with E-state index in [2.05, 4.69) is 18.0 Å². The van der Waals surface area contributed by atoms with Crippen molar-refractivity contribution in [2.24, 2.45) is 5.92 Å². The summed E-state index contributed by atoms with van der Waals surface area (Å²) in [6.45, 7) is 1.93. The molecule has 0 amide bonds. The minimum absolute atomic E-state index is 0.250. The Bertz CT molecular complexity index is 550. The highest BCUT2D eigenvalue weighted by molar-refractivity contribution is 5.45. The maximum atomic E-state index is 10.4. The highest BCUT2D eigenvalue weighted by Crippen LogP contribution is 2.49. The van der Waals surface area contributed by atoms with Crippen LogP contribution in [0.25, 0.3) is 0 Å². The van der Waals surface area contributed by atoms with E-state index in [1.165, 1.54) is 57.1 Å². The van der Waals surface area contributed by atoms with Crippen LogP contribution >= 0.6 is 0 Å². The Balaban J connectivity index is 1.59. The number of rotatable bonds is 4. The first kappa shape index (κ1) is 14.4. The number of phenols is 1. The van der Waals surface area contributed by atoms with Crippen LogP contribution in [0.1, 0.15) is 50.5 Å². The normalized spacial score (nSPS) is 32.0. The second-order valence-electron chi connectivity index (χ2n) is 7.59. The van der Waals surface area contributed by atoms with Gasteiger partial charge in [0, 0.05) is 11.5 Å². The zero-order chi connectivity index (χ0) is 15.2. The van der Waals surface area contributed by atoms with Gasteiger partial charge in [0.25, 0.3) is 0 Å². The molecule has 3 nitrogen and oxygen atoms in total. The van der Waals surface area contributed by atoms with E-state index in [1.54, 1.807) is 0 Å². The van der Waals surface area contributed by atoms with Crippen LogP contribution in [-0.2, 0) is 5.41 Å². The summed E-state index contributed by atoms with van der Waals surface area (Å²) in [6, 6.07) is 6.82. The molecule has 2 atom stereocenters. The van der Waals surface area contributed by atoms with Crippen molar-refractivity contribution in [2.45, 2.75) is 56.4 Å². The molecular weight excluding hydrogens is 274 g/mol. The average Bonchev–Trinajstić information content (AvgIpc) is 3.30. The molecule has 1 aromatic rings. The molecule has 0 aromatic heterocycles. The summed E-state index contributed by atoms with van der Waals surface area (Å²) in [7, 11) is 2.25. The number of nitrogens with zero attached hydrogens (tertiary/aromatic N) is 1. The Labute approximate surface area is 133 Å². The number of ether oxygens (including phenoxy) is 1. The topological polar surface area (TPSA) is 32.7 Å². The molecule has 4 rings (SSSR count). The molecule has 22 heavy (non-hydrogen) atoms. The van der Waals surface area contributed by atoms with Crippen molar-refractivity contribution in [3.05, 3.63) is 23.8 Å². The molecule has 0 spiro atoms. The Morgan fingerprint density at radius 3 is 2.86 bits per heavy atom. The van der Waals surface area contributed by atoms with Crippen molar-refractivity contribution in [1.29, 1.82) is 0 Å². The van der Waals surface area contributed by atoms with Crippen LogP contribution in [0.3, 0.4) is 0 Å². The van der Waals surface area contributed by atoms with Gasteiger partial charge in [-0.3, -0.25) is 0 Å². The van der Waals surface area contributed by atoms with Gasteiger partial charge in [-0.1, -0.05) is 18.9 Å². The lowest BCUT2D eigenvalue weighted by molar-refractivity contribution is 0.181. The first-order valence-electron chi connectivity index (χ1n) is 8.85. The number of hydrogen-bond donors (Lipinski definition) is 1. The summed E-state index contributed by atoms with van der Waals surface area (Å²) in [5, 5.41) is 10.4. The van der Waals surface area contributed by atoms with E-state index in [4.69, 9.17) is 4.74 Å². The monoisotopic (exact) mass is 301 g/mol. The van der Waals surface area contributed by atoms with Gasteiger partial charge in [-0.15, -0.1) is 0 Å². The summed E-state index contributed by atoms with van der Waals surface area (Å²) in [5.41, 5.74) is 1.57. The molecule has 2 saturated carbocycles. The van der Waals surface area contributed by atoms with Gasteiger partial charge in [0.05, 0.1) is 6.61 Å². The maximum absolute atomic E-state index is 10.4. The lowest BCUT2D eigenvalue weighted by Crippen LogP contribution is -2.43. The van der Waals surface area contributed by atoms with Gasteiger partial charge in [0.2, 0.25) is 0 Å². The van der Waals surface area contributed by atoms with Crippen LogP contribution in [0.5, 0.6) is 11.5 Å². The number of fused-ring (bicyclic) bond motifs is 1. The van der Waals surface area contributed by atoms with Gasteiger partial charge in [-0.2, -0.15) is 0 Å². The van der Waals surface area contributed by atoms with Crippen molar-refractivity contribution in [3.63, 3.8) is 0 Å². The van der Waals surface area contributed by atoms with Crippen LogP contribution < -0.4 is 4.74 Å². The van der Waals surface area contributed by atoms with Gasteiger partial charge in [-0.05, 0) is 69.3 Å². The fraction of sp³-hybridized carbons (Fsp3) is 0.684. The third kappa shape index (κ3) is 2.40. The molecule has 3 fully saturated rings. The molecule has 3 heteroatoms. The molecule has 0 bridgehead atoms. The van der Waals surface area contributed by atoms with Crippen LogP contribution in [0.2, 0.25) is 0 Å². The summed E-state index contributed by atoms with van der Waals surface area (Å²) >= 11 is 0. The minimum atomic E-state index is 0.250. The summed E-state index contributed by atoms with van der Waals surface area (Å²) < 4.78 is 5.77. The predicted octanol–water partition coefficient (Wildman–Crippen LogP) is 3.70. The molecule has 2 aliphatic carbocycles. The number of hydrogen-bond acceptors (Lipinski definition) is 3. The van der Waals surface area contributed by atoms with Crippen LogP contribution in [0.4, 0.5) is 0 Å². The van der Waals surface area contributed by atoms with Crippen molar-refractivity contribution < 1.29 is 9.84 Å². The molecule has 1 heterocycles. The predicted molar refractivity (Wildman–Crippen MR) is 87.5 cm³/mol. The Kier molecular flexibility index (Phi) is 3.56. The van der Waals surface area contributed by atoms with Gasteiger partial charge < -0.3 is 14.7 Å². The number of likely N-dealkylation sites (tertiary alicyclic amines) is 1. The van der Waals surface area contributed by atoms with E-state index in [0.29, 0.717) is 23.5 Å². The second-order valence-corrected chi connectivity index (χ2v) is 7.59. The van der Waals surface area contributed by atoms with Gasteiger partial charge in [0.1, 0.15) is 0 Å². The number of likely N-dealkylation sites (N-methyl/N-ethyl adjacent to an activating group) is 1. The molecule has 1 aromatic carbocycles. The van der Waals surface area contributed by atoms with E-state index in [1.807, 2.05) is 12.1 Å². The van der Waals surface area contributed by atoms with E-state index in [-0.39, 0.29) is 5.41 Å². The lowest BCUT2D eigenvalue weighted by atomic mass is 9.66. The molecule has 120 valence electrons. The maximum Gasteiger partial charge on any atom is 0.160 e. The van der Waals surface area contributed by atoms with Crippen LogP contribution in [-0.4, -0.2) is 36.2 Å². The summed E-state index contributed by atoms with van der Waals surface area (Å²) in [4.78, 5) is 2.52. The largest absolute Gasteiger partial charge is 0.504 e. The van der Waals surface area contributed by atoms with E-state index in [9.17, 15) is 5.11 Å². The third-order valence-electron chi connectivity index (χ3n) is 6.14. The molecule has 1 N–H and O–H groups in total. The zero-order valence-corrected chi connectivity index (χ0v) is 13.6. The number of phenolic OH excluding ortho intramolecular Hbond substituents is 1. The van der Waals surface area contributed by atoms with Gasteiger partial charge >= 0.3 is 0 Å². The minimum Gasteiger partial charge on any atom is -0.504 e. The quantitative estimate of drug-likeness (QED) is 0.920. The second kappa shape index (κ2) is 5.45. The number of benzene rings is 1. The fourth-order valence-electron chi connectivity index (χ4n) is 4.61. The fourth-order valence-corrected chi connectivity index (χ4v) is 4.61. The first-order chi connectivity index (χ1) is 10.7. The lowest BCUT2D eigenvalue weighted by Gasteiger charge is -2.41.